The summed E-state index contributed by atoms with van der Waals surface area (Å²) in [5, 5.41) is 0.946. The quantitative estimate of drug-likeness (QED) is 0.335. The van der Waals surface area contributed by atoms with Crippen molar-refractivity contribution in [2.24, 2.45) is 5.73 Å². The highest BCUT2D eigenvalue weighted by atomic mass is 16.2. The summed E-state index contributed by atoms with van der Waals surface area (Å²) in [6.45, 7) is 2.68. The molecule has 7 heteroatoms. The highest BCUT2D eigenvalue weighted by molar-refractivity contribution is 5.94. The molecular weight excluding hydrogens is 508 g/mol. The SMILES string of the molecule is NC1(c2ccc(-c3nc4nc(N5CCN(C(=O)c6ccccc6)CC5)[nH+]cc4cc3-c3ccccc3)cc2)CCC1. The van der Waals surface area contributed by atoms with E-state index in [9.17, 15) is 4.79 Å². The van der Waals surface area contributed by atoms with Gasteiger partial charge < -0.3 is 10.6 Å². The molecule has 1 saturated heterocycles. The second-order valence-electron chi connectivity index (χ2n) is 11.1. The number of anilines is 1. The van der Waals surface area contributed by atoms with Crippen molar-refractivity contribution in [3.8, 4) is 22.4 Å². The van der Waals surface area contributed by atoms with Crippen molar-refractivity contribution < 1.29 is 9.78 Å². The molecule has 0 atom stereocenters. The standard InChI is InChI=1S/C34H32N6O/c35-34(16-7-17-34)28-14-12-25(13-15-28)30-29(24-8-3-1-4-9-24)22-27-23-36-33(38-31(27)37-30)40-20-18-39(19-21-40)32(41)26-10-5-2-6-11-26/h1-6,8-15,22-23H,7,16-21,35H2/p+1. The van der Waals surface area contributed by atoms with Gasteiger partial charge in [0.15, 0.2) is 0 Å². The molecule has 0 bridgehead atoms. The number of pyridine rings is 1. The molecule has 1 aliphatic heterocycles. The first-order chi connectivity index (χ1) is 20.1. The van der Waals surface area contributed by atoms with Crippen LogP contribution in [0, 0.1) is 0 Å². The number of fused-ring (bicyclic) bond motifs is 1. The first kappa shape index (κ1) is 25.4. The number of nitrogens with two attached hydrogens (primary N) is 1. The van der Waals surface area contributed by atoms with Crippen LogP contribution in [0.2, 0.25) is 0 Å². The van der Waals surface area contributed by atoms with E-state index in [2.05, 4.69) is 64.5 Å². The van der Waals surface area contributed by atoms with Gasteiger partial charge in [-0.2, -0.15) is 0 Å². The maximum absolute atomic E-state index is 12.9. The zero-order valence-corrected chi connectivity index (χ0v) is 23.0. The molecule has 1 saturated carbocycles. The van der Waals surface area contributed by atoms with Crippen molar-refractivity contribution in [1.29, 1.82) is 0 Å². The Bertz CT molecular complexity index is 1690. The number of rotatable bonds is 5. The second-order valence-corrected chi connectivity index (χ2v) is 11.1. The molecule has 0 unspecified atom stereocenters. The Labute approximate surface area is 239 Å². The maximum atomic E-state index is 12.9. The summed E-state index contributed by atoms with van der Waals surface area (Å²) in [7, 11) is 0. The third kappa shape index (κ3) is 4.83. The van der Waals surface area contributed by atoms with Gasteiger partial charge in [-0.25, -0.2) is 9.97 Å². The van der Waals surface area contributed by atoms with Crippen LogP contribution in [-0.4, -0.2) is 47.0 Å². The average Bonchev–Trinajstić information content (AvgIpc) is 3.03. The second kappa shape index (κ2) is 10.4. The molecule has 204 valence electrons. The summed E-state index contributed by atoms with van der Waals surface area (Å²) in [6.07, 6.45) is 5.24. The maximum Gasteiger partial charge on any atom is 0.393 e. The molecule has 2 aliphatic rings. The van der Waals surface area contributed by atoms with Gasteiger partial charge >= 0.3 is 5.95 Å². The summed E-state index contributed by atoms with van der Waals surface area (Å²) in [5.74, 6) is 0.838. The van der Waals surface area contributed by atoms with Gasteiger partial charge in [-0.1, -0.05) is 77.8 Å². The lowest BCUT2D eigenvalue weighted by atomic mass is 9.72. The van der Waals surface area contributed by atoms with Gasteiger partial charge in [-0.05, 0) is 48.6 Å². The smallest absolute Gasteiger partial charge is 0.332 e. The van der Waals surface area contributed by atoms with Crippen LogP contribution >= 0.6 is 0 Å². The molecule has 7 rings (SSSR count). The van der Waals surface area contributed by atoms with Gasteiger partial charge in [0, 0.05) is 22.2 Å². The number of hydrogen-bond donors (Lipinski definition) is 1. The molecular formula is C34H33N6O+. The van der Waals surface area contributed by atoms with Gasteiger partial charge in [0.2, 0.25) is 5.65 Å². The van der Waals surface area contributed by atoms with E-state index in [0.717, 1.165) is 52.1 Å². The third-order valence-electron chi connectivity index (χ3n) is 8.55. The molecule has 0 spiro atoms. The van der Waals surface area contributed by atoms with E-state index in [-0.39, 0.29) is 11.4 Å². The van der Waals surface area contributed by atoms with Crippen LogP contribution in [0.1, 0.15) is 35.2 Å². The number of nitrogens with one attached hydrogen (secondary N) is 1. The summed E-state index contributed by atoms with van der Waals surface area (Å²) in [6, 6.07) is 30.6. The van der Waals surface area contributed by atoms with Crippen LogP contribution < -0.4 is 15.6 Å². The van der Waals surface area contributed by atoms with Crippen LogP contribution in [0.15, 0.2) is 97.2 Å². The predicted octanol–water partition coefficient (Wildman–Crippen LogP) is 5.08. The number of hydrogen-bond acceptors (Lipinski definition) is 5. The lowest BCUT2D eigenvalue weighted by Gasteiger charge is -2.38. The van der Waals surface area contributed by atoms with Gasteiger partial charge in [0.05, 0.1) is 43.5 Å². The fourth-order valence-corrected chi connectivity index (χ4v) is 5.90. The molecule has 2 aromatic heterocycles. The molecule has 3 aromatic carbocycles. The van der Waals surface area contributed by atoms with E-state index in [1.807, 2.05) is 47.5 Å². The first-order valence-electron chi connectivity index (χ1n) is 14.4. The average molecular weight is 542 g/mol. The minimum Gasteiger partial charge on any atom is -0.332 e. The van der Waals surface area contributed by atoms with Crippen LogP contribution in [0.4, 0.5) is 5.95 Å². The van der Waals surface area contributed by atoms with Crippen molar-refractivity contribution in [1.82, 2.24) is 14.9 Å². The van der Waals surface area contributed by atoms with Gasteiger partial charge in [0.1, 0.15) is 0 Å². The van der Waals surface area contributed by atoms with Crippen molar-refractivity contribution in [3.63, 3.8) is 0 Å². The number of H-pyrrole nitrogens is 1. The van der Waals surface area contributed by atoms with E-state index in [1.165, 1.54) is 12.0 Å². The largest absolute Gasteiger partial charge is 0.393 e. The first-order valence-corrected chi connectivity index (χ1v) is 14.4. The molecule has 3 heterocycles. The van der Waals surface area contributed by atoms with Crippen LogP contribution in [0.3, 0.4) is 0 Å². The minimum atomic E-state index is -0.195. The number of nitrogens with zero attached hydrogens (tertiary/aromatic N) is 4. The van der Waals surface area contributed by atoms with Gasteiger partial charge in [-0.15, -0.1) is 0 Å². The number of amides is 1. The monoisotopic (exact) mass is 541 g/mol. The van der Waals surface area contributed by atoms with E-state index in [0.29, 0.717) is 31.8 Å². The Morgan fingerprint density at radius 3 is 2.15 bits per heavy atom. The highest BCUT2D eigenvalue weighted by Crippen LogP contribution is 2.40. The van der Waals surface area contributed by atoms with E-state index in [1.54, 1.807) is 0 Å². The number of carbonyl (C=O) groups excluding carboxylic acids is 1. The summed E-state index contributed by atoms with van der Waals surface area (Å²) in [5.41, 5.74) is 13.1. The zero-order valence-electron chi connectivity index (χ0n) is 23.0. The Morgan fingerprint density at radius 1 is 0.805 bits per heavy atom. The number of aromatic amines is 1. The fourth-order valence-electron chi connectivity index (χ4n) is 5.90. The topological polar surface area (TPSA) is 89.5 Å². The third-order valence-corrected chi connectivity index (χ3v) is 8.55. The summed E-state index contributed by atoms with van der Waals surface area (Å²) in [4.78, 5) is 30.5. The minimum absolute atomic E-state index is 0.0735. The number of carbonyl (C=O) groups is 1. The lowest BCUT2D eigenvalue weighted by Crippen LogP contribution is -2.50. The highest BCUT2D eigenvalue weighted by Gasteiger charge is 2.34. The molecule has 0 radical (unpaired) electrons. The Morgan fingerprint density at radius 2 is 1.49 bits per heavy atom. The Kier molecular flexibility index (Phi) is 6.44. The predicted molar refractivity (Wildman–Crippen MR) is 161 cm³/mol. The van der Waals surface area contributed by atoms with E-state index >= 15 is 0 Å². The summed E-state index contributed by atoms with van der Waals surface area (Å²) >= 11 is 0. The molecule has 1 aliphatic carbocycles. The van der Waals surface area contributed by atoms with Gasteiger partial charge in [-0.3, -0.25) is 9.69 Å². The van der Waals surface area contributed by atoms with Crippen molar-refractivity contribution in [2.45, 2.75) is 24.8 Å². The Hall–Kier alpha value is -4.62. The van der Waals surface area contributed by atoms with Crippen LogP contribution in [0.5, 0.6) is 0 Å². The Balaban J connectivity index is 1.19. The number of benzene rings is 3. The van der Waals surface area contributed by atoms with Crippen LogP contribution in [-0.2, 0) is 5.54 Å². The van der Waals surface area contributed by atoms with Gasteiger partial charge in [0.25, 0.3) is 5.91 Å². The molecule has 41 heavy (non-hydrogen) atoms. The molecule has 7 nitrogen and oxygen atoms in total. The van der Waals surface area contributed by atoms with Crippen molar-refractivity contribution in [2.75, 3.05) is 31.1 Å². The van der Waals surface area contributed by atoms with Crippen molar-refractivity contribution >= 4 is 22.9 Å². The fraction of sp³-hybridized carbons (Fsp3) is 0.235. The zero-order chi connectivity index (χ0) is 27.8. The van der Waals surface area contributed by atoms with E-state index < -0.39 is 0 Å². The van der Waals surface area contributed by atoms with Crippen molar-refractivity contribution in [3.05, 3.63) is 108 Å². The molecule has 3 N–H and O–H groups in total. The summed E-state index contributed by atoms with van der Waals surface area (Å²) < 4.78 is 0. The molecule has 5 aromatic rings. The number of aromatic nitrogens is 3. The molecule has 1 amide bonds. The molecule has 2 fully saturated rings. The number of piperazine rings is 1. The van der Waals surface area contributed by atoms with Crippen LogP contribution in [0.25, 0.3) is 33.4 Å². The van der Waals surface area contributed by atoms with E-state index in [4.69, 9.17) is 15.7 Å². The normalized spacial score (nSPS) is 16.4. The lowest BCUT2D eigenvalue weighted by molar-refractivity contribution is -0.366.